The molecule has 0 atom stereocenters. The van der Waals surface area contributed by atoms with Crippen LogP contribution in [0.4, 0.5) is 0 Å². The summed E-state index contributed by atoms with van der Waals surface area (Å²) in [6.07, 6.45) is 1.55. The number of aromatic nitrogens is 1. The van der Waals surface area contributed by atoms with Gasteiger partial charge in [0.15, 0.2) is 0 Å². The Bertz CT molecular complexity index is 497. The minimum absolute atomic E-state index is 0.117. The van der Waals surface area contributed by atoms with E-state index in [-0.39, 0.29) is 5.91 Å². The quantitative estimate of drug-likeness (QED) is 0.884. The van der Waals surface area contributed by atoms with Crippen molar-refractivity contribution < 1.29 is 4.79 Å². The van der Waals surface area contributed by atoms with Gasteiger partial charge < -0.3 is 5.32 Å². The zero-order chi connectivity index (χ0) is 12.1. The molecular weight excluding hydrogens is 280 g/mol. The maximum atomic E-state index is 11.8. The number of nitrogens with zero attached hydrogens (tertiary/aromatic N) is 1. The van der Waals surface area contributed by atoms with Gasteiger partial charge in [0.1, 0.15) is 4.60 Å². The van der Waals surface area contributed by atoms with Crippen molar-refractivity contribution in [3.8, 4) is 0 Å². The number of hydrogen-bond donors (Lipinski definition) is 1. The summed E-state index contributed by atoms with van der Waals surface area (Å²) in [5.74, 6) is -0.117. The molecule has 0 radical (unpaired) electrons. The Hall–Kier alpha value is -1.68. The number of carbonyl (C=O) groups excluding carboxylic acids is 1. The van der Waals surface area contributed by atoms with Crippen LogP contribution in [0.3, 0.4) is 0 Å². The fraction of sp³-hybridized carbons (Fsp3) is 0.0769. The Morgan fingerprint density at radius 3 is 2.59 bits per heavy atom. The minimum atomic E-state index is -0.117. The molecule has 3 nitrogen and oxygen atoms in total. The molecule has 0 aliphatic rings. The summed E-state index contributed by atoms with van der Waals surface area (Å²) in [5.41, 5.74) is 1.63. The Balaban J connectivity index is 1.96. The van der Waals surface area contributed by atoms with Crippen LogP contribution in [0, 0.1) is 0 Å². The SMILES string of the molecule is O=C(NCc1ccccc1)c1ccc(Br)nc1. The summed E-state index contributed by atoms with van der Waals surface area (Å²) in [6, 6.07) is 13.3. The molecule has 0 aliphatic heterocycles. The molecule has 1 heterocycles. The third kappa shape index (κ3) is 3.39. The fourth-order valence-electron chi connectivity index (χ4n) is 1.39. The molecule has 1 N–H and O–H groups in total. The van der Waals surface area contributed by atoms with E-state index in [9.17, 15) is 4.79 Å². The molecule has 0 saturated carbocycles. The summed E-state index contributed by atoms with van der Waals surface area (Å²) in [5, 5.41) is 2.84. The second kappa shape index (κ2) is 5.59. The van der Waals surface area contributed by atoms with E-state index in [1.807, 2.05) is 30.3 Å². The van der Waals surface area contributed by atoms with E-state index < -0.39 is 0 Å². The van der Waals surface area contributed by atoms with Crippen molar-refractivity contribution in [2.45, 2.75) is 6.54 Å². The molecule has 0 saturated heterocycles. The van der Waals surface area contributed by atoms with Crippen LogP contribution in [0.5, 0.6) is 0 Å². The molecular formula is C13H11BrN2O. The zero-order valence-corrected chi connectivity index (χ0v) is 10.6. The lowest BCUT2D eigenvalue weighted by molar-refractivity contribution is 0.0950. The maximum absolute atomic E-state index is 11.8. The zero-order valence-electron chi connectivity index (χ0n) is 9.06. The number of hydrogen-bond acceptors (Lipinski definition) is 2. The fourth-order valence-corrected chi connectivity index (χ4v) is 1.62. The Morgan fingerprint density at radius 2 is 1.94 bits per heavy atom. The maximum Gasteiger partial charge on any atom is 0.253 e. The van der Waals surface area contributed by atoms with Crippen LogP contribution in [0.25, 0.3) is 0 Å². The highest BCUT2D eigenvalue weighted by atomic mass is 79.9. The second-order valence-electron chi connectivity index (χ2n) is 3.54. The first-order valence-electron chi connectivity index (χ1n) is 5.19. The molecule has 0 aliphatic carbocycles. The van der Waals surface area contributed by atoms with Crippen molar-refractivity contribution >= 4 is 21.8 Å². The van der Waals surface area contributed by atoms with E-state index >= 15 is 0 Å². The Labute approximate surface area is 108 Å². The van der Waals surface area contributed by atoms with Gasteiger partial charge in [-0.2, -0.15) is 0 Å². The molecule has 1 aromatic heterocycles. The molecule has 17 heavy (non-hydrogen) atoms. The van der Waals surface area contributed by atoms with Gasteiger partial charge >= 0.3 is 0 Å². The lowest BCUT2D eigenvalue weighted by Gasteiger charge is -2.04. The predicted octanol–water partition coefficient (Wildman–Crippen LogP) is 2.77. The van der Waals surface area contributed by atoms with Crippen molar-refractivity contribution in [2.24, 2.45) is 0 Å². The normalized spacial score (nSPS) is 9.94. The summed E-state index contributed by atoms with van der Waals surface area (Å²) in [4.78, 5) is 15.8. The van der Waals surface area contributed by atoms with Crippen molar-refractivity contribution in [2.75, 3.05) is 0 Å². The largest absolute Gasteiger partial charge is 0.348 e. The van der Waals surface area contributed by atoms with E-state index in [4.69, 9.17) is 0 Å². The monoisotopic (exact) mass is 290 g/mol. The Morgan fingerprint density at radius 1 is 1.18 bits per heavy atom. The van der Waals surface area contributed by atoms with Gasteiger partial charge in [-0.1, -0.05) is 30.3 Å². The molecule has 2 rings (SSSR count). The van der Waals surface area contributed by atoms with E-state index in [1.54, 1.807) is 18.3 Å². The van der Waals surface area contributed by atoms with Crippen LogP contribution in [-0.2, 0) is 6.54 Å². The topological polar surface area (TPSA) is 42.0 Å². The highest BCUT2D eigenvalue weighted by molar-refractivity contribution is 9.10. The van der Waals surface area contributed by atoms with Crippen LogP contribution in [0.1, 0.15) is 15.9 Å². The average molecular weight is 291 g/mol. The van der Waals surface area contributed by atoms with E-state index in [0.29, 0.717) is 12.1 Å². The number of amides is 1. The van der Waals surface area contributed by atoms with Crippen LogP contribution in [0.2, 0.25) is 0 Å². The lowest BCUT2D eigenvalue weighted by Crippen LogP contribution is -2.22. The first-order chi connectivity index (χ1) is 8.25. The smallest absolute Gasteiger partial charge is 0.253 e. The van der Waals surface area contributed by atoms with Gasteiger partial charge in [0, 0.05) is 12.7 Å². The van der Waals surface area contributed by atoms with Crippen LogP contribution < -0.4 is 5.32 Å². The summed E-state index contributed by atoms with van der Waals surface area (Å²) >= 11 is 3.23. The van der Waals surface area contributed by atoms with E-state index in [1.165, 1.54) is 0 Å². The number of pyridine rings is 1. The average Bonchev–Trinajstić information content (AvgIpc) is 2.38. The summed E-state index contributed by atoms with van der Waals surface area (Å²) < 4.78 is 0.720. The molecule has 0 unspecified atom stereocenters. The van der Waals surface area contributed by atoms with E-state index in [2.05, 4.69) is 26.2 Å². The van der Waals surface area contributed by atoms with Crippen molar-refractivity contribution in [1.82, 2.24) is 10.3 Å². The lowest BCUT2D eigenvalue weighted by atomic mass is 10.2. The third-order valence-electron chi connectivity index (χ3n) is 2.29. The van der Waals surface area contributed by atoms with Crippen LogP contribution >= 0.6 is 15.9 Å². The molecule has 1 aromatic carbocycles. The first kappa shape index (κ1) is 11.8. The standard InChI is InChI=1S/C13H11BrN2O/c14-12-7-6-11(9-15-12)13(17)16-8-10-4-2-1-3-5-10/h1-7,9H,8H2,(H,16,17). The number of benzene rings is 1. The number of rotatable bonds is 3. The second-order valence-corrected chi connectivity index (χ2v) is 4.35. The highest BCUT2D eigenvalue weighted by Crippen LogP contribution is 2.06. The summed E-state index contributed by atoms with van der Waals surface area (Å²) in [6.45, 7) is 0.524. The first-order valence-corrected chi connectivity index (χ1v) is 5.99. The minimum Gasteiger partial charge on any atom is -0.348 e. The van der Waals surface area contributed by atoms with Crippen molar-refractivity contribution in [3.05, 3.63) is 64.4 Å². The van der Waals surface area contributed by atoms with Gasteiger partial charge in [-0.3, -0.25) is 4.79 Å². The number of nitrogens with one attached hydrogen (secondary N) is 1. The number of halogens is 1. The number of carbonyl (C=O) groups is 1. The van der Waals surface area contributed by atoms with Gasteiger partial charge in [0.05, 0.1) is 5.56 Å². The molecule has 0 spiro atoms. The molecule has 1 amide bonds. The van der Waals surface area contributed by atoms with Crippen LogP contribution in [-0.4, -0.2) is 10.9 Å². The van der Waals surface area contributed by atoms with Gasteiger partial charge in [-0.05, 0) is 33.6 Å². The van der Waals surface area contributed by atoms with Gasteiger partial charge in [-0.25, -0.2) is 4.98 Å². The molecule has 0 fully saturated rings. The van der Waals surface area contributed by atoms with Gasteiger partial charge in [-0.15, -0.1) is 0 Å². The Kier molecular flexibility index (Phi) is 3.88. The summed E-state index contributed by atoms with van der Waals surface area (Å²) in [7, 11) is 0. The third-order valence-corrected chi connectivity index (χ3v) is 2.75. The van der Waals surface area contributed by atoms with E-state index in [0.717, 1.165) is 10.2 Å². The van der Waals surface area contributed by atoms with Crippen molar-refractivity contribution in [1.29, 1.82) is 0 Å². The van der Waals surface area contributed by atoms with Gasteiger partial charge in [0.25, 0.3) is 5.91 Å². The molecule has 2 aromatic rings. The molecule has 86 valence electrons. The van der Waals surface area contributed by atoms with Crippen molar-refractivity contribution in [3.63, 3.8) is 0 Å². The van der Waals surface area contributed by atoms with Crippen LogP contribution in [0.15, 0.2) is 53.3 Å². The molecule has 4 heteroatoms. The predicted molar refractivity (Wildman–Crippen MR) is 69.5 cm³/mol. The molecule has 0 bridgehead atoms. The highest BCUT2D eigenvalue weighted by Gasteiger charge is 2.04. The van der Waals surface area contributed by atoms with Gasteiger partial charge in [0.2, 0.25) is 0 Å².